The van der Waals surface area contributed by atoms with Gasteiger partial charge >= 0.3 is 0 Å². The predicted molar refractivity (Wildman–Crippen MR) is 129 cm³/mol. The SMILES string of the molecule is Cc1nc(Oc2ccc(NS(=O)(=O)c3ccc4c(c3)CCCC4)cc2)cc(-n2ccnc2C)n1. The van der Waals surface area contributed by atoms with Crippen molar-refractivity contribution >= 4 is 15.7 Å². The number of nitrogens with zero attached hydrogens (tertiary/aromatic N) is 4. The van der Waals surface area contributed by atoms with Gasteiger partial charge in [0, 0.05) is 24.1 Å². The van der Waals surface area contributed by atoms with Gasteiger partial charge in [0.15, 0.2) is 0 Å². The van der Waals surface area contributed by atoms with Gasteiger partial charge in [0.25, 0.3) is 10.0 Å². The Morgan fingerprint density at radius 2 is 1.71 bits per heavy atom. The molecule has 174 valence electrons. The molecule has 0 fully saturated rings. The lowest BCUT2D eigenvalue weighted by atomic mass is 9.92. The molecule has 4 aromatic rings. The van der Waals surface area contributed by atoms with E-state index in [1.54, 1.807) is 55.6 Å². The van der Waals surface area contributed by atoms with Crippen LogP contribution < -0.4 is 9.46 Å². The molecule has 0 spiro atoms. The Labute approximate surface area is 198 Å². The monoisotopic (exact) mass is 475 g/mol. The molecule has 0 bridgehead atoms. The highest BCUT2D eigenvalue weighted by molar-refractivity contribution is 7.92. The smallest absolute Gasteiger partial charge is 0.261 e. The Kier molecular flexibility index (Phi) is 5.79. The molecule has 2 aromatic heterocycles. The van der Waals surface area contributed by atoms with Crippen LogP contribution in [-0.4, -0.2) is 27.9 Å². The molecule has 0 atom stereocenters. The molecule has 0 unspecified atom stereocenters. The Morgan fingerprint density at radius 3 is 2.44 bits per heavy atom. The number of fused-ring (bicyclic) bond motifs is 1. The third kappa shape index (κ3) is 4.65. The standard InChI is InChI=1S/C25H25N5O3S/c1-17-27-24(30-14-13-26-18(30)2)16-25(28-17)33-22-10-8-21(9-11-22)29-34(31,32)23-12-7-19-5-3-4-6-20(19)15-23/h7-16,29H,3-6H2,1-2H3. The quantitative estimate of drug-likeness (QED) is 0.432. The molecule has 1 N–H and O–H groups in total. The molecule has 8 nitrogen and oxygen atoms in total. The topological polar surface area (TPSA) is 99.0 Å². The van der Waals surface area contributed by atoms with Gasteiger partial charge in [0.05, 0.1) is 4.90 Å². The second-order valence-corrected chi connectivity index (χ2v) is 10.0. The van der Waals surface area contributed by atoms with Gasteiger partial charge in [0.1, 0.15) is 23.2 Å². The van der Waals surface area contributed by atoms with E-state index in [9.17, 15) is 8.42 Å². The third-order valence-corrected chi connectivity index (χ3v) is 7.21. The number of benzene rings is 2. The van der Waals surface area contributed by atoms with Crippen molar-refractivity contribution in [2.45, 2.75) is 44.4 Å². The molecule has 34 heavy (non-hydrogen) atoms. The van der Waals surface area contributed by atoms with E-state index in [0.717, 1.165) is 37.1 Å². The first-order valence-corrected chi connectivity index (χ1v) is 12.6. The summed E-state index contributed by atoms with van der Waals surface area (Å²) in [5, 5.41) is 0. The maximum atomic E-state index is 12.9. The number of hydrogen-bond acceptors (Lipinski definition) is 6. The van der Waals surface area contributed by atoms with Crippen LogP contribution in [0, 0.1) is 13.8 Å². The zero-order valence-corrected chi connectivity index (χ0v) is 19.8. The summed E-state index contributed by atoms with van der Waals surface area (Å²) in [4.78, 5) is 13.3. The summed E-state index contributed by atoms with van der Waals surface area (Å²) in [6.07, 6.45) is 7.72. The molecule has 1 aliphatic carbocycles. The summed E-state index contributed by atoms with van der Waals surface area (Å²) in [6.45, 7) is 3.68. The normalized spacial score (nSPS) is 13.4. The van der Waals surface area contributed by atoms with Crippen molar-refractivity contribution in [2.24, 2.45) is 0 Å². The van der Waals surface area contributed by atoms with E-state index in [-0.39, 0.29) is 4.90 Å². The summed E-state index contributed by atoms with van der Waals surface area (Å²) >= 11 is 0. The maximum Gasteiger partial charge on any atom is 0.261 e. The Morgan fingerprint density at radius 1 is 0.941 bits per heavy atom. The minimum Gasteiger partial charge on any atom is -0.439 e. The van der Waals surface area contributed by atoms with Gasteiger partial charge in [-0.2, -0.15) is 4.98 Å². The highest BCUT2D eigenvalue weighted by Crippen LogP contribution is 2.27. The first-order chi connectivity index (χ1) is 16.4. The molecule has 0 amide bonds. The van der Waals surface area contributed by atoms with Crippen molar-refractivity contribution in [2.75, 3.05) is 4.72 Å². The number of nitrogens with one attached hydrogen (secondary N) is 1. The van der Waals surface area contributed by atoms with Crippen LogP contribution in [0.2, 0.25) is 0 Å². The summed E-state index contributed by atoms with van der Waals surface area (Å²) < 4.78 is 36.2. The minimum atomic E-state index is -3.68. The zero-order chi connectivity index (χ0) is 23.7. The van der Waals surface area contributed by atoms with Crippen molar-refractivity contribution < 1.29 is 13.2 Å². The molecular weight excluding hydrogens is 450 g/mol. The van der Waals surface area contributed by atoms with E-state index >= 15 is 0 Å². The first kappa shape index (κ1) is 22.1. The lowest BCUT2D eigenvalue weighted by Gasteiger charge is -2.17. The molecule has 0 radical (unpaired) electrons. The van der Waals surface area contributed by atoms with E-state index in [1.807, 2.05) is 23.8 Å². The van der Waals surface area contributed by atoms with Crippen molar-refractivity contribution in [1.29, 1.82) is 0 Å². The van der Waals surface area contributed by atoms with Crippen LogP contribution in [0.4, 0.5) is 5.69 Å². The van der Waals surface area contributed by atoms with E-state index in [4.69, 9.17) is 4.74 Å². The first-order valence-electron chi connectivity index (χ1n) is 11.2. The molecule has 2 aromatic carbocycles. The number of rotatable bonds is 6. The number of aryl methyl sites for hydroxylation is 4. The van der Waals surface area contributed by atoms with Gasteiger partial charge in [-0.15, -0.1) is 0 Å². The fourth-order valence-corrected chi connectivity index (χ4v) is 5.23. The van der Waals surface area contributed by atoms with Crippen molar-refractivity contribution in [3.63, 3.8) is 0 Å². The highest BCUT2D eigenvalue weighted by Gasteiger charge is 2.18. The summed E-state index contributed by atoms with van der Waals surface area (Å²) in [5.74, 6) is 2.95. The van der Waals surface area contributed by atoms with Crippen LogP contribution in [-0.2, 0) is 22.9 Å². The summed E-state index contributed by atoms with van der Waals surface area (Å²) in [6, 6.07) is 13.9. The second-order valence-electron chi connectivity index (χ2n) is 8.33. The number of ether oxygens (including phenoxy) is 1. The third-order valence-electron chi connectivity index (χ3n) is 5.83. The number of sulfonamides is 1. The molecule has 5 rings (SSSR count). The van der Waals surface area contributed by atoms with Crippen molar-refractivity contribution in [3.05, 3.63) is 83.7 Å². The Balaban J connectivity index is 1.32. The lowest BCUT2D eigenvalue weighted by Crippen LogP contribution is -2.14. The average molecular weight is 476 g/mol. The zero-order valence-electron chi connectivity index (χ0n) is 19.0. The van der Waals surface area contributed by atoms with Gasteiger partial charge in [-0.1, -0.05) is 6.07 Å². The summed E-state index contributed by atoms with van der Waals surface area (Å²) in [7, 11) is -3.68. The number of anilines is 1. The number of hydrogen-bond donors (Lipinski definition) is 1. The molecule has 2 heterocycles. The van der Waals surface area contributed by atoms with E-state index in [1.165, 1.54) is 5.56 Å². The lowest BCUT2D eigenvalue weighted by molar-refractivity contribution is 0.459. The Hall–Kier alpha value is -3.72. The van der Waals surface area contributed by atoms with Crippen LogP contribution >= 0.6 is 0 Å². The van der Waals surface area contributed by atoms with Crippen LogP contribution in [0.3, 0.4) is 0 Å². The molecule has 9 heteroatoms. The number of aromatic nitrogens is 4. The van der Waals surface area contributed by atoms with E-state index in [2.05, 4.69) is 19.7 Å². The largest absolute Gasteiger partial charge is 0.439 e. The molecule has 1 aliphatic rings. The van der Waals surface area contributed by atoms with Gasteiger partial charge in [0.2, 0.25) is 5.88 Å². The molecular formula is C25H25N5O3S. The van der Waals surface area contributed by atoms with Gasteiger partial charge in [-0.05, 0) is 87.1 Å². The average Bonchev–Trinajstić information content (AvgIpc) is 3.25. The fourth-order valence-electron chi connectivity index (χ4n) is 4.12. The summed E-state index contributed by atoms with van der Waals surface area (Å²) in [5.41, 5.74) is 2.83. The van der Waals surface area contributed by atoms with Crippen molar-refractivity contribution in [3.8, 4) is 17.4 Å². The van der Waals surface area contributed by atoms with Crippen LogP contribution in [0.1, 0.15) is 35.6 Å². The maximum absolute atomic E-state index is 12.9. The molecule has 0 aliphatic heterocycles. The second kappa shape index (κ2) is 8.90. The van der Waals surface area contributed by atoms with Gasteiger partial charge < -0.3 is 4.74 Å². The van der Waals surface area contributed by atoms with Gasteiger partial charge in [-0.25, -0.2) is 18.4 Å². The molecule has 0 saturated carbocycles. The van der Waals surface area contributed by atoms with E-state index < -0.39 is 10.0 Å². The minimum absolute atomic E-state index is 0.285. The van der Waals surface area contributed by atoms with Gasteiger partial charge in [-0.3, -0.25) is 9.29 Å². The van der Waals surface area contributed by atoms with Crippen LogP contribution in [0.5, 0.6) is 11.6 Å². The Bertz CT molecular complexity index is 1450. The van der Waals surface area contributed by atoms with Crippen LogP contribution in [0.25, 0.3) is 5.82 Å². The highest BCUT2D eigenvalue weighted by atomic mass is 32.2. The predicted octanol–water partition coefficient (Wildman–Crippen LogP) is 4.75. The molecule has 0 saturated heterocycles. The van der Waals surface area contributed by atoms with E-state index in [0.29, 0.717) is 29.0 Å². The van der Waals surface area contributed by atoms with Crippen molar-refractivity contribution in [1.82, 2.24) is 19.5 Å². The number of imidazole rings is 1. The fraction of sp³-hybridized carbons (Fsp3) is 0.240. The van der Waals surface area contributed by atoms with Crippen LogP contribution in [0.15, 0.2) is 65.8 Å².